The van der Waals surface area contributed by atoms with E-state index in [9.17, 15) is 9.18 Å². The van der Waals surface area contributed by atoms with Crippen LogP contribution in [0.3, 0.4) is 0 Å². The van der Waals surface area contributed by atoms with Crippen molar-refractivity contribution >= 4 is 28.3 Å². The van der Waals surface area contributed by atoms with E-state index in [1.807, 2.05) is 6.92 Å². The van der Waals surface area contributed by atoms with E-state index in [4.69, 9.17) is 4.42 Å². The number of halogens is 1. The van der Waals surface area contributed by atoms with Crippen LogP contribution >= 0.6 is 11.5 Å². The molecular weight excluding hydrogens is 279 g/mol. The maximum absolute atomic E-state index is 13.6. The molecule has 0 unspecified atom stereocenters. The second-order valence-corrected chi connectivity index (χ2v) is 5.15. The van der Waals surface area contributed by atoms with Gasteiger partial charge in [0.2, 0.25) is 5.78 Å². The average molecular weight is 290 g/mol. The Balaban J connectivity index is 2.04. The van der Waals surface area contributed by atoms with Gasteiger partial charge in [-0.3, -0.25) is 4.79 Å². The smallest absolute Gasteiger partial charge is 0.241 e. The van der Waals surface area contributed by atoms with Crippen LogP contribution in [0, 0.1) is 5.82 Å². The van der Waals surface area contributed by atoms with Gasteiger partial charge in [-0.15, -0.1) is 5.10 Å². The van der Waals surface area contributed by atoms with Gasteiger partial charge in [0, 0.05) is 5.39 Å². The van der Waals surface area contributed by atoms with Gasteiger partial charge < -0.3 is 4.42 Å². The van der Waals surface area contributed by atoms with Gasteiger partial charge in [-0.2, -0.15) is 0 Å². The predicted molar refractivity (Wildman–Crippen MR) is 73.5 cm³/mol. The highest BCUT2D eigenvalue weighted by atomic mass is 32.1. The van der Waals surface area contributed by atoms with Crippen LogP contribution in [-0.4, -0.2) is 15.4 Å². The Morgan fingerprint density at radius 3 is 3.05 bits per heavy atom. The van der Waals surface area contributed by atoms with Crippen molar-refractivity contribution < 1.29 is 13.6 Å². The van der Waals surface area contributed by atoms with Crippen LogP contribution in [-0.2, 0) is 6.42 Å². The summed E-state index contributed by atoms with van der Waals surface area (Å²) in [7, 11) is 0. The van der Waals surface area contributed by atoms with Crippen LogP contribution in [0.1, 0.15) is 34.5 Å². The summed E-state index contributed by atoms with van der Waals surface area (Å²) in [6.45, 7) is 2.00. The van der Waals surface area contributed by atoms with Crippen LogP contribution < -0.4 is 0 Å². The molecule has 0 aliphatic carbocycles. The molecular formula is C14H11FN2O2S. The summed E-state index contributed by atoms with van der Waals surface area (Å²) in [4.78, 5) is 12.9. The lowest BCUT2D eigenvalue weighted by molar-refractivity contribution is 0.101. The van der Waals surface area contributed by atoms with Crippen molar-refractivity contribution in [2.24, 2.45) is 0 Å². The molecule has 3 aromatic rings. The van der Waals surface area contributed by atoms with Crippen LogP contribution in [0.15, 0.2) is 28.7 Å². The SMILES string of the molecule is CCCc1nnsc1C(=O)c1cc2cccc(F)c2o1. The van der Waals surface area contributed by atoms with Crippen molar-refractivity contribution in [1.82, 2.24) is 9.59 Å². The second-order valence-electron chi connectivity index (χ2n) is 4.40. The number of hydrogen-bond acceptors (Lipinski definition) is 5. The minimum atomic E-state index is -0.474. The summed E-state index contributed by atoms with van der Waals surface area (Å²) in [5.74, 6) is -0.648. The van der Waals surface area contributed by atoms with Crippen LogP contribution in [0.5, 0.6) is 0 Å². The maximum Gasteiger partial charge on any atom is 0.241 e. The molecule has 2 heterocycles. The lowest BCUT2D eigenvalue weighted by Crippen LogP contribution is -2.01. The molecule has 0 aliphatic rings. The van der Waals surface area contributed by atoms with E-state index in [2.05, 4.69) is 9.59 Å². The van der Waals surface area contributed by atoms with Crippen molar-refractivity contribution in [3.05, 3.63) is 46.4 Å². The molecule has 102 valence electrons. The summed E-state index contributed by atoms with van der Waals surface area (Å²) in [6.07, 6.45) is 1.56. The number of ketones is 1. The van der Waals surface area contributed by atoms with E-state index < -0.39 is 5.82 Å². The average Bonchev–Trinajstić information content (AvgIpc) is 3.05. The topological polar surface area (TPSA) is 56.0 Å². The highest BCUT2D eigenvalue weighted by molar-refractivity contribution is 7.08. The molecule has 0 fully saturated rings. The summed E-state index contributed by atoms with van der Waals surface area (Å²) in [5, 5.41) is 4.53. The molecule has 0 aliphatic heterocycles. The molecule has 0 atom stereocenters. The molecule has 0 radical (unpaired) electrons. The molecule has 6 heteroatoms. The van der Waals surface area contributed by atoms with Crippen molar-refractivity contribution in [3.63, 3.8) is 0 Å². The van der Waals surface area contributed by atoms with Gasteiger partial charge in [0.15, 0.2) is 17.2 Å². The van der Waals surface area contributed by atoms with E-state index >= 15 is 0 Å². The highest BCUT2D eigenvalue weighted by Crippen LogP contribution is 2.25. The second kappa shape index (κ2) is 5.13. The number of carbonyl (C=O) groups excluding carboxylic acids is 1. The van der Waals surface area contributed by atoms with Gasteiger partial charge in [0.25, 0.3) is 0 Å². The number of nitrogens with zero attached hydrogens (tertiary/aromatic N) is 2. The molecule has 0 spiro atoms. The van der Waals surface area contributed by atoms with E-state index in [1.165, 1.54) is 6.07 Å². The zero-order valence-corrected chi connectivity index (χ0v) is 11.5. The number of aromatic nitrogens is 2. The predicted octanol–water partition coefficient (Wildman–Crippen LogP) is 3.61. The van der Waals surface area contributed by atoms with E-state index in [0.29, 0.717) is 22.4 Å². The van der Waals surface area contributed by atoms with E-state index in [0.717, 1.165) is 18.0 Å². The first kappa shape index (κ1) is 12.9. The highest BCUT2D eigenvalue weighted by Gasteiger charge is 2.21. The van der Waals surface area contributed by atoms with E-state index in [1.54, 1.807) is 18.2 Å². The Labute approximate surface area is 118 Å². The largest absolute Gasteiger partial charge is 0.449 e. The number of fused-ring (bicyclic) bond motifs is 1. The van der Waals surface area contributed by atoms with Gasteiger partial charge >= 0.3 is 0 Å². The molecule has 1 aromatic carbocycles. The first-order chi connectivity index (χ1) is 9.70. The zero-order chi connectivity index (χ0) is 14.1. The fraction of sp³-hybridized carbons (Fsp3) is 0.214. The number of hydrogen-bond donors (Lipinski definition) is 0. The van der Waals surface area contributed by atoms with Crippen LogP contribution in [0.25, 0.3) is 11.0 Å². The minimum Gasteiger partial charge on any atom is -0.449 e. The van der Waals surface area contributed by atoms with Crippen molar-refractivity contribution in [2.45, 2.75) is 19.8 Å². The number of rotatable bonds is 4. The fourth-order valence-electron chi connectivity index (χ4n) is 2.03. The molecule has 3 rings (SSSR count). The number of para-hydroxylation sites is 1. The summed E-state index contributed by atoms with van der Waals surface area (Å²) >= 11 is 1.04. The first-order valence-electron chi connectivity index (χ1n) is 6.24. The zero-order valence-electron chi connectivity index (χ0n) is 10.7. The van der Waals surface area contributed by atoms with Gasteiger partial charge in [-0.05, 0) is 30.1 Å². The Hall–Kier alpha value is -2.08. The lowest BCUT2D eigenvalue weighted by Gasteiger charge is -1.96. The van der Waals surface area contributed by atoms with E-state index in [-0.39, 0.29) is 17.1 Å². The molecule has 0 bridgehead atoms. The standard InChI is InChI=1S/C14H11FN2O2S/c1-2-4-10-14(20-17-16-10)12(18)11-7-8-5-3-6-9(15)13(8)19-11/h3,5-7H,2,4H2,1H3. The Morgan fingerprint density at radius 2 is 2.30 bits per heavy atom. The number of furan rings is 1. The van der Waals surface area contributed by atoms with Gasteiger partial charge in [0.1, 0.15) is 4.88 Å². The van der Waals surface area contributed by atoms with Gasteiger partial charge in [0.05, 0.1) is 5.69 Å². The van der Waals surface area contributed by atoms with Crippen molar-refractivity contribution in [1.29, 1.82) is 0 Å². The molecule has 0 saturated heterocycles. The third-order valence-electron chi connectivity index (χ3n) is 2.97. The molecule has 20 heavy (non-hydrogen) atoms. The Morgan fingerprint density at radius 1 is 1.45 bits per heavy atom. The summed E-state index contributed by atoms with van der Waals surface area (Å²) in [6, 6.07) is 6.14. The summed E-state index contributed by atoms with van der Waals surface area (Å²) < 4.78 is 22.7. The maximum atomic E-state index is 13.6. The molecule has 0 amide bonds. The molecule has 4 nitrogen and oxygen atoms in total. The molecule has 0 saturated carbocycles. The number of aryl methyl sites for hydroxylation is 1. The van der Waals surface area contributed by atoms with Gasteiger partial charge in [-0.1, -0.05) is 30.0 Å². The molecule has 2 aromatic heterocycles. The molecule has 0 N–H and O–H groups in total. The third kappa shape index (κ3) is 2.12. The Bertz CT molecular complexity index is 778. The van der Waals surface area contributed by atoms with Crippen LogP contribution in [0.4, 0.5) is 4.39 Å². The number of benzene rings is 1. The monoisotopic (exact) mass is 290 g/mol. The Kier molecular flexibility index (Phi) is 3.31. The fourth-order valence-corrected chi connectivity index (χ4v) is 2.69. The normalized spacial score (nSPS) is 11.1. The quantitative estimate of drug-likeness (QED) is 0.689. The first-order valence-corrected chi connectivity index (χ1v) is 7.02. The van der Waals surface area contributed by atoms with Crippen molar-refractivity contribution in [2.75, 3.05) is 0 Å². The van der Waals surface area contributed by atoms with Crippen molar-refractivity contribution in [3.8, 4) is 0 Å². The van der Waals surface area contributed by atoms with Gasteiger partial charge in [-0.25, -0.2) is 4.39 Å². The third-order valence-corrected chi connectivity index (χ3v) is 3.74. The summed E-state index contributed by atoms with van der Waals surface area (Å²) in [5.41, 5.74) is 0.772. The minimum absolute atomic E-state index is 0.102. The lowest BCUT2D eigenvalue weighted by atomic mass is 10.1. The number of carbonyl (C=O) groups is 1. The van der Waals surface area contributed by atoms with Crippen LogP contribution in [0.2, 0.25) is 0 Å².